The van der Waals surface area contributed by atoms with Crippen LogP contribution in [0.1, 0.15) is 9.67 Å². The van der Waals surface area contributed by atoms with E-state index in [0.29, 0.717) is 26.7 Å². The molecular formula is C19H13FN2O3S. The van der Waals surface area contributed by atoms with Crippen LogP contribution in [0.4, 0.5) is 10.1 Å². The van der Waals surface area contributed by atoms with Gasteiger partial charge in [-0.05, 0) is 29.7 Å². The van der Waals surface area contributed by atoms with Crippen molar-refractivity contribution < 1.29 is 13.9 Å². The average Bonchev–Trinajstić information content (AvgIpc) is 2.98. The molecule has 2 aromatic heterocycles. The molecule has 26 heavy (non-hydrogen) atoms. The minimum absolute atomic E-state index is 0.211. The van der Waals surface area contributed by atoms with Crippen molar-refractivity contribution >= 4 is 44.0 Å². The second-order valence-corrected chi connectivity index (χ2v) is 6.68. The number of aromatic nitrogens is 1. The van der Waals surface area contributed by atoms with Crippen molar-refractivity contribution in [2.45, 2.75) is 0 Å². The molecule has 0 bridgehead atoms. The predicted octanol–water partition coefficient (Wildman–Crippen LogP) is 3.71. The smallest absolute Gasteiger partial charge is 0.350 e. The highest BCUT2D eigenvalue weighted by atomic mass is 32.1. The number of nitrogens with zero attached hydrogens (tertiary/aromatic N) is 1. The number of methoxy groups -OCH3 is 1. The highest BCUT2D eigenvalue weighted by molar-refractivity contribution is 7.21. The number of rotatable bonds is 2. The number of thiophene rings is 1. The standard InChI is InChI=1S/C19H13FN2O3S/c1-25-19(24)16-15(21)14-12-7-2-3-8-13(12)17(23)22(18(14)26-16)11-6-4-5-10(20)9-11/h2-9H,21H2,1H3. The SMILES string of the molecule is COC(=O)c1sc2c(c1N)c1ccccc1c(=O)n2-c1cccc(F)c1. The van der Waals surface area contributed by atoms with E-state index in [0.717, 1.165) is 11.3 Å². The Bertz CT molecular complexity index is 1240. The zero-order valence-corrected chi connectivity index (χ0v) is 14.5. The largest absolute Gasteiger partial charge is 0.465 e. The van der Waals surface area contributed by atoms with Gasteiger partial charge in [-0.2, -0.15) is 0 Å². The molecule has 0 radical (unpaired) electrons. The molecule has 0 saturated carbocycles. The first-order valence-corrected chi connectivity index (χ1v) is 8.54. The molecular weight excluding hydrogens is 355 g/mol. The number of carbonyl (C=O) groups excluding carboxylic acids is 1. The molecule has 4 rings (SSSR count). The molecule has 0 atom stereocenters. The van der Waals surface area contributed by atoms with Crippen LogP contribution >= 0.6 is 11.3 Å². The van der Waals surface area contributed by atoms with E-state index in [9.17, 15) is 14.0 Å². The lowest BCUT2D eigenvalue weighted by molar-refractivity contribution is 0.0607. The van der Waals surface area contributed by atoms with Crippen LogP contribution in [0.2, 0.25) is 0 Å². The molecule has 0 fully saturated rings. The Morgan fingerprint density at radius 2 is 1.88 bits per heavy atom. The van der Waals surface area contributed by atoms with E-state index < -0.39 is 11.8 Å². The Labute approximate surface area is 151 Å². The summed E-state index contributed by atoms with van der Waals surface area (Å²) in [6.07, 6.45) is 0. The topological polar surface area (TPSA) is 74.3 Å². The number of halogens is 1. The van der Waals surface area contributed by atoms with Crippen LogP contribution in [0.25, 0.3) is 26.7 Å². The van der Waals surface area contributed by atoms with Gasteiger partial charge in [-0.15, -0.1) is 11.3 Å². The third-order valence-electron chi connectivity index (χ3n) is 4.20. The maximum absolute atomic E-state index is 13.8. The first-order chi connectivity index (χ1) is 12.5. The van der Waals surface area contributed by atoms with Gasteiger partial charge >= 0.3 is 5.97 Å². The summed E-state index contributed by atoms with van der Waals surface area (Å²) in [6.45, 7) is 0. The van der Waals surface area contributed by atoms with Crippen LogP contribution in [0, 0.1) is 5.82 Å². The summed E-state index contributed by atoms with van der Waals surface area (Å²) >= 11 is 1.05. The molecule has 130 valence electrons. The van der Waals surface area contributed by atoms with E-state index in [4.69, 9.17) is 10.5 Å². The number of hydrogen-bond donors (Lipinski definition) is 1. The number of anilines is 1. The number of benzene rings is 2. The van der Waals surface area contributed by atoms with Crippen molar-refractivity contribution in [3.05, 3.63) is 69.6 Å². The van der Waals surface area contributed by atoms with E-state index in [2.05, 4.69) is 0 Å². The molecule has 0 unspecified atom stereocenters. The quantitative estimate of drug-likeness (QED) is 0.547. The van der Waals surface area contributed by atoms with E-state index in [-0.39, 0.29) is 16.1 Å². The van der Waals surface area contributed by atoms with E-state index >= 15 is 0 Å². The normalized spacial score (nSPS) is 11.2. The number of nitrogen functional groups attached to an aromatic ring is 1. The number of ether oxygens (including phenoxy) is 1. The number of fused-ring (bicyclic) bond motifs is 3. The van der Waals surface area contributed by atoms with Gasteiger partial charge in [0, 0.05) is 10.8 Å². The molecule has 5 nitrogen and oxygen atoms in total. The third-order valence-corrected chi connectivity index (χ3v) is 5.37. The van der Waals surface area contributed by atoms with Gasteiger partial charge in [0.25, 0.3) is 5.56 Å². The number of carbonyl (C=O) groups is 1. The summed E-state index contributed by atoms with van der Waals surface area (Å²) in [5, 5.41) is 1.66. The molecule has 0 amide bonds. The molecule has 0 saturated heterocycles. The Morgan fingerprint density at radius 1 is 1.15 bits per heavy atom. The molecule has 0 spiro atoms. The fourth-order valence-corrected chi connectivity index (χ4v) is 4.22. The van der Waals surface area contributed by atoms with Gasteiger partial charge < -0.3 is 10.5 Å². The lowest BCUT2D eigenvalue weighted by atomic mass is 10.1. The number of hydrogen-bond acceptors (Lipinski definition) is 5. The van der Waals surface area contributed by atoms with Crippen LogP contribution in [0.15, 0.2) is 53.3 Å². The monoisotopic (exact) mass is 368 g/mol. The van der Waals surface area contributed by atoms with Gasteiger partial charge in [0.1, 0.15) is 15.5 Å². The summed E-state index contributed by atoms with van der Waals surface area (Å²) in [4.78, 5) is 25.9. The second kappa shape index (κ2) is 5.96. The van der Waals surface area contributed by atoms with Gasteiger partial charge in [-0.1, -0.05) is 24.3 Å². The fourth-order valence-electron chi connectivity index (χ4n) is 3.04. The van der Waals surface area contributed by atoms with Gasteiger partial charge in [0.2, 0.25) is 0 Å². The Balaban J connectivity index is 2.25. The zero-order valence-electron chi connectivity index (χ0n) is 13.7. The fraction of sp³-hybridized carbons (Fsp3) is 0.0526. The van der Waals surface area contributed by atoms with Crippen LogP contribution < -0.4 is 11.3 Å². The Kier molecular flexibility index (Phi) is 3.73. The summed E-state index contributed by atoms with van der Waals surface area (Å²) in [7, 11) is 1.27. The second-order valence-electron chi connectivity index (χ2n) is 5.68. The molecule has 2 heterocycles. The summed E-state index contributed by atoms with van der Waals surface area (Å²) in [5.74, 6) is -1.04. The van der Waals surface area contributed by atoms with Crippen LogP contribution in [-0.4, -0.2) is 17.6 Å². The van der Waals surface area contributed by atoms with Crippen LogP contribution in [-0.2, 0) is 4.74 Å². The maximum atomic E-state index is 13.8. The minimum atomic E-state index is -0.578. The molecule has 2 N–H and O–H groups in total. The summed E-state index contributed by atoms with van der Waals surface area (Å²) < 4.78 is 19.9. The number of pyridine rings is 1. The van der Waals surface area contributed by atoms with Gasteiger partial charge in [-0.25, -0.2) is 9.18 Å². The molecule has 0 aliphatic rings. The van der Waals surface area contributed by atoms with Gasteiger partial charge in [-0.3, -0.25) is 9.36 Å². The molecule has 0 aliphatic heterocycles. The highest BCUT2D eigenvalue weighted by Crippen LogP contribution is 2.38. The molecule has 0 aliphatic carbocycles. The predicted molar refractivity (Wildman–Crippen MR) is 101 cm³/mol. The van der Waals surface area contributed by atoms with E-state index in [1.165, 1.54) is 29.9 Å². The molecule has 2 aromatic carbocycles. The number of esters is 1. The van der Waals surface area contributed by atoms with Crippen molar-refractivity contribution in [1.82, 2.24) is 4.57 Å². The van der Waals surface area contributed by atoms with Crippen LogP contribution in [0.5, 0.6) is 0 Å². The lowest BCUT2D eigenvalue weighted by Crippen LogP contribution is -2.18. The molecule has 4 aromatic rings. The maximum Gasteiger partial charge on any atom is 0.350 e. The zero-order chi connectivity index (χ0) is 18.4. The van der Waals surface area contributed by atoms with Crippen molar-refractivity contribution in [2.75, 3.05) is 12.8 Å². The minimum Gasteiger partial charge on any atom is -0.465 e. The highest BCUT2D eigenvalue weighted by Gasteiger charge is 2.23. The average molecular weight is 368 g/mol. The van der Waals surface area contributed by atoms with E-state index in [1.807, 2.05) is 0 Å². The summed E-state index contributed by atoms with van der Waals surface area (Å²) in [6, 6.07) is 12.7. The van der Waals surface area contributed by atoms with Crippen LogP contribution in [0.3, 0.4) is 0 Å². The van der Waals surface area contributed by atoms with Crippen molar-refractivity contribution in [2.24, 2.45) is 0 Å². The van der Waals surface area contributed by atoms with Crippen molar-refractivity contribution in [1.29, 1.82) is 0 Å². The third kappa shape index (κ3) is 2.28. The first kappa shape index (κ1) is 16.3. The van der Waals surface area contributed by atoms with Gasteiger partial charge in [0.05, 0.1) is 18.5 Å². The first-order valence-electron chi connectivity index (χ1n) is 7.73. The Hall–Kier alpha value is -3.19. The Morgan fingerprint density at radius 3 is 2.58 bits per heavy atom. The van der Waals surface area contributed by atoms with Crippen molar-refractivity contribution in [3.63, 3.8) is 0 Å². The molecule has 7 heteroatoms. The van der Waals surface area contributed by atoms with Gasteiger partial charge in [0.15, 0.2) is 0 Å². The van der Waals surface area contributed by atoms with Crippen molar-refractivity contribution in [3.8, 4) is 5.69 Å². The summed E-state index contributed by atoms with van der Waals surface area (Å²) in [5.41, 5.74) is 6.53. The number of nitrogens with two attached hydrogens (primary N) is 1. The lowest BCUT2D eigenvalue weighted by Gasteiger charge is -2.10. The van der Waals surface area contributed by atoms with E-state index in [1.54, 1.807) is 30.3 Å².